The Labute approximate surface area is 109 Å². The number of ether oxygens (including phenoxy) is 1. The molecule has 0 radical (unpaired) electrons. The summed E-state index contributed by atoms with van der Waals surface area (Å²) in [6.07, 6.45) is -0.668. The lowest BCUT2D eigenvalue weighted by Crippen LogP contribution is -2.06. The maximum Gasteiger partial charge on any atom is 0.178 e. The first-order valence-electron chi connectivity index (χ1n) is 5.63. The van der Waals surface area contributed by atoms with E-state index in [1.807, 2.05) is 6.07 Å². The van der Waals surface area contributed by atoms with Crippen molar-refractivity contribution in [3.8, 4) is 11.5 Å². The van der Waals surface area contributed by atoms with Crippen molar-refractivity contribution in [3.05, 3.63) is 53.3 Å². The Hall–Kier alpha value is -2.27. The third kappa shape index (κ3) is 2.32. The number of methoxy groups -OCH3 is 1. The monoisotopic (exact) mass is 263 g/mol. The largest absolute Gasteiger partial charge is 0.505 e. The van der Waals surface area contributed by atoms with Crippen molar-refractivity contribution in [2.45, 2.75) is 6.10 Å². The van der Waals surface area contributed by atoms with Crippen LogP contribution < -0.4 is 5.73 Å². The number of aromatic hydroxyl groups is 2. The zero-order valence-electron chi connectivity index (χ0n) is 10.3. The van der Waals surface area contributed by atoms with Crippen LogP contribution in [0.3, 0.4) is 0 Å². The second-order valence-electron chi connectivity index (χ2n) is 4.08. The van der Waals surface area contributed by atoms with Crippen LogP contribution in [0.2, 0.25) is 0 Å². The Morgan fingerprint density at radius 2 is 1.79 bits per heavy atom. The summed E-state index contributed by atoms with van der Waals surface area (Å²) in [7, 11) is 1.44. The summed E-state index contributed by atoms with van der Waals surface area (Å²) in [6.45, 7) is 0. The Bertz CT molecular complexity index is 587. The van der Waals surface area contributed by atoms with E-state index in [-0.39, 0.29) is 11.3 Å². The number of nitrogen functional groups attached to an aromatic ring is 1. The minimum Gasteiger partial charge on any atom is -0.505 e. The van der Waals surface area contributed by atoms with Crippen molar-refractivity contribution < 1.29 is 19.3 Å². The molecule has 4 N–H and O–H groups in total. The molecule has 0 aliphatic rings. The molecular weight excluding hydrogens is 249 g/mol. The Kier molecular flexibility index (Phi) is 3.57. The number of anilines is 1. The minimum atomic E-state index is -0.900. The number of rotatable bonds is 3. The summed E-state index contributed by atoms with van der Waals surface area (Å²) < 4.78 is 18.8. The molecule has 4 nitrogen and oxygen atoms in total. The molecule has 0 fully saturated rings. The standard InChI is InChI=1S/C14H14FNO3/c1-19-14(8-5-3-2-4-6-8)9-7-10(15)13(18)11(16)12(9)17/h2-7,14,17-18H,16H2,1H3. The molecule has 0 saturated carbocycles. The predicted octanol–water partition coefficient (Wildman–Crippen LogP) is 2.55. The second kappa shape index (κ2) is 5.16. The van der Waals surface area contributed by atoms with Crippen LogP contribution in [0.25, 0.3) is 0 Å². The van der Waals surface area contributed by atoms with Crippen molar-refractivity contribution in [2.24, 2.45) is 0 Å². The van der Waals surface area contributed by atoms with E-state index in [0.29, 0.717) is 0 Å². The molecule has 0 amide bonds. The van der Waals surface area contributed by atoms with Gasteiger partial charge in [-0.2, -0.15) is 0 Å². The van der Waals surface area contributed by atoms with Crippen LogP contribution in [-0.2, 0) is 4.74 Å². The van der Waals surface area contributed by atoms with Gasteiger partial charge < -0.3 is 20.7 Å². The van der Waals surface area contributed by atoms with Crippen molar-refractivity contribution in [1.82, 2.24) is 0 Å². The fraction of sp³-hybridized carbons (Fsp3) is 0.143. The molecule has 0 heterocycles. The van der Waals surface area contributed by atoms with Crippen LogP contribution in [0.15, 0.2) is 36.4 Å². The highest BCUT2D eigenvalue weighted by molar-refractivity contribution is 5.66. The molecule has 19 heavy (non-hydrogen) atoms. The molecule has 1 atom stereocenters. The number of halogens is 1. The van der Waals surface area contributed by atoms with E-state index in [4.69, 9.17) is 10.5 Å². The molecule has 100 valence electrons. The van der Waals surface area contributed by atoms with Gasteiger partial charge in [0.15, 0.2) is 11.6 Å². The lowest BCUT2D eigenvalue weighted by Gasteiger charge is -2.19. The Balaban J connectivity index is 2.57. The summed E-state index contributed by atoms with van der Waals surface area (Å²) in [5.74, 6) is -2.04. The lowest BCUT2D eigenvalue weighted by molar-refractivity contribution is 0.133. The quantitative estimate of drug-likeness (QED) is 0.587. The highest BCUT2D eigenvalue weighted by Gasteiger charge is 2.22. The van der Waals surface area contributed by atoms with Gasteiger partial charge in [-0.1, -0.05) is 30.3 Å². The van der Waals surface area contributed by atoms with Gasteiger partial charge in [-0.3, -0.25) is 0 Å². The summed E-state index contributed by atoms with van der Waals surface area (Å²) in [5, 5.41) is 19.3. The molecule has 0 spiro atoms. The fourth-order valence-corrected chi connectivity index (χ4v) is 1.94. The highest BCUT2D eigenvalue weighted by Crippen LogP contribution is 2.41. The van der Waals surface area contributed by atoms with E-state index in [2.05, 4.69) is 0 Å². The molecule has 1 unspecified atom stereocenters. The summed E-state index contributed by atoms with van der Waals surface area (Å²) >= 11 is 0. The Morgan fingerprint density at radius 3 is 2.37 bits per heavy atom. The molecule has 2 rings (SSSR count). The lowest BCUT2D eigenvalue weighted by atomic mass is 9.99. The van der Waals surface area contributed by atoms with Crippen molar-refractivity contribution in [2.75, 3.05) is 12.8 Å². The van der Waals surface area contributed by atoms with Crippen LogP contribution in [0.5, 0.6) is 11.5 Å². The minimum absolute atomic E-state index is 0.168. The predicted molar refractivity (Wildman–Crippen MR) is 69.4 cm³/mol. The van der Waals surface area contributed by atoms with E-state index in [1.165, 1.54) is 7.11 Å². The molecule has 0 bridgehead atoms. The average molecular weight is 263 g/mol. The van der Waals surface area contributed by atoms with Crippen molar-refractivity contribution >= 4 is 5.69 Å². The van der Waals surface area contributed by atoms with E-state index < -0.39 is 23.4 Å². The normalized spacial score (nSPS) is 12.3. The zero-order chi connectivity index (χ0) is 14.0. The van der Waals surface area contributed by atoms with Gasteiger partial charge in [-0.05, 0) is 11.6 Å². The number of hydrogen-bond acceptors (Lipinski definition) is 4. The molecular formula is C14H14FNO3. The van der Waals surface area contributed by atoms with E-state index in [0.717, 1.165) is 11.6 Å². The SMILES string of the molecule is COC(c1ccccc1)c1cc(F)c(O)c(N)c1O. The van der Waals surface area contributed by atoms with Gasteiger partial charge in [0.2, 0.25) is 0 Å². The summed E-state index contributed by atoms with van der Waals surface area (Å²) in [6, 6.07) is 10.0. The number of phenolic OH excluding ortho intramolecular Hbond substituents is 2. The topological polar surface area (TPSA) is 75.7 Å². The van der Waals surface area contributed by atoms with Crippen LogP contribution in [0, 0.1) is 5.82 Å². The van der Waals surface area contributed by atoms with Crippen LogP contribution >= 0.6 is 0 Å². The van der Waals surface area contributed by atoms with Crippen molar-refractivity contribution in [3.63, 3.8) is 0 Å². The number of benzene rings is 2. The maximum atomic E-state index is 13.5. The van der Waals surface area contributed by atoms with Crippen LogP contribution in [0.4, 0.5) is 10.1 Å². The molecule has 0 saturated heterocycles. The van der Waals surface area contributed by atoms with Gasteiger partial charge >= 0.3 is 0 Å². The van der Waals surface area contributed by atoms with Crippen LogP contribution in [0.1, 0.15) is 17.2 Å². The zero-order valence-corrected chi connectivity index (χ0v) is 10.3. The number of hydrogen-bond donors (Lipinski definition) is 3. The maximum absolute atomic E-state index is 13.5. The molecule has 5 heteroatoms. The van der Waals surface area contributed by atoms with E-state index >= 15 is 0 Å². The van der Waals surface area contributed by atoms with Gasteiger partial charge in [0.05, 0.1) is 0 Å². The summed E-state index contributed by atoms with van der Waals surface area (Å²) in [4.78, 5) is 0. The van der Waals surface area contributed by atoms with Gasteiger partial charge in [0, 0.05) is 12.7 Å². The molecule has 2 aromatic carbocycles. The molecule has 0 aliphatic heterocycles. The first kappa shape index (κ1) is 13.2. The van der Waals surface area contributed by atoms with Crippen molar-refractivity contribution in [1.29, 1.82) is 0 Å². The fourth-order valence-electron chi connectivity index (χ4n) is 1.94. The highest BCUT2D eigenvalue weighted by atomic mass is 19.1. The first-order chi connectivity index (χ1) is 9.06. The smallest absolute Gasteiger partial charge is 0.178 e. The van der Waals surface area contributed by atoms with Gasteiger partial charge in [0.25, 0.3) is 0 Å². The average Bonchev–Trinajstić information content (AvgIpc) is 2.44. The third-order valence-corrected chi connectivity index (χ3v) is 2.91. The molecule has 2 aromatic rings. The van der Waals surface area contributed by atoms with E-state index in [9.17, 15) is 14.6 Å². The van der Waals surface area contributed by atoms with E-state index in [1.54, 1.807) is 24.3 Å². The second-order valence-corrected chi connectivity index (χ2v) is 4.08. The number of phenols is 2. The summed E-state index contributed by atoms with van der Waals surface area (Å²) in [5.41, 5.74) is 5.97. The molecule has 0 aliphatic carbocycles. The first-order valence-corrected chi connectivity index (χ1v) is 5.63. The molecule has 0 aromatic heterocycles. The van der Waals surface area contributed by atoms with Crippen LogP contribution in [-0.4, -0.2) is 17.3 Å². The Morgan fingerprint density at radius 1 is 1.16 bits per heavy atom. The van der Waals surface area contributed by atoms with Gasteiger partial charge in [-0.15, -0.1) is 0 Å². The van der Waals surface area contributed by atoms with Gasteiger partial charge in [-0.25, -0.2) is 4.39 Å². The number of nitrogens with two attached hydrogens (primary N) is 1. The van der Waals surface area contributed by atoms with Gasteiger partial charge in [0.1, 0.15) is 17.5 Å². The third-order valence-electron chi connectivity index (χ3n) is 2.91.